The number of fused-ring (bicyclic) bond motifs is 1. The first-order valence-electron chi connectivity index (χ1n) is 9.89. The zero-order valence-corrected chi connectivity index (χ0v) is 16.4. The summed E-state index contributed by atoms with van der Waals surface area (Å²) in [4.78, 5) is 28.3. The molecular weight excluding hydrogens is 352 g/mol. The lowest BCUT2D eigenvalue weighted by atomic mass is 9.97. The third kappa shape index (κ3) is 3.69. The number of nitrogens with one attached hydrogen (secondary N) is 1. The number of carbonyl (C=O) groups excluding carboxylic acids is 1. The predicted octanol–water partition coefficient (Wildman–Crippen LogP) is 2.94. The summed E-state index contributed by atoms with van der Waals surface area (Å²) in [6.07, 6.45) is 5.32. The van der Waals surface area contributed by atoms with Gasteiger partial charge in [0, 0.05) is 31.5 Å². The number of carbonyl (C=O) groups is 1. The van der Waals surface area contributed by atoms with E-state index in [9.17, 15) is 4.79 Å². The zero-order chi connectivity index (χ0) is 19.5. The topological polar surface area (TPSA) is 75.9 Å². The Morgan fingerprint density at radius 3 is 2.79 bits per heavy atom. The van der Waals surface area contributed by atoms with Crippen molar-refractivity contribution in [3.63, 3.8) is 0 Å². The quantitative estimate of drug-likeness (QED) is 0.739. The van der Waals surface area contributed by atoms with E-state index in [1.54, 1.807) is 18.5 Å². The maximum atomic E-state index is 12.8. The minimum Gasteiger partial charge on any atom is -0.349 e. The summed E-state index contributed by atoms with van der Waals surface area (Å²) in [5, 5.41) is 3.11. The third-order valence-corrected chi connectivity index (χ3v) is 5.23. The Kier molecular flexibility index (Phi) is 5.23. The van der Waals surface area contributed by atoms with Crippen LogP contribution in [0.25, 0.3) is 11.0 Å². The Morgan fingerprint density at radius 1 is 1.21 bits per heavy atom. The van der Waals surface area contributed by atoms with Crippen LogP contribution in [0.1, 0.15) is 38.6 Å². The van der Waals surface area contributed by atoms with Crippen molar-refractivity contribution in [1.82, 2.24) is 24.8 Å². The van der Waals surface area contributed by atoms with Gasteiger partial charge in [-0.3, -0.25) is 4.79 Å². The molecular formula is C21H26N6O. The van der Waals surface area contributed by atoms with E-state index in [4.69, 9.17) is 4.98 Å². The van der Waals surface area contributed by atoms with Gasteiger partial charge in [0.15, 0.2) is 0 Å². The van der Waals surface area contributed by atoms with Crippen LogP contribution in [0, 0.1) is 5.92 Å². The summed E-state index contributed by atoms with van der Waals surface area (Å²) in [6.45, 7) is 6.24. The molecule has 1 saturated heterocycles. The lowest BCUT2D eigenvalue weighted by molar-refractivity contribution is -0.125. The van der Waals surface area contributed by atoms with Gasteiger partial charge in [-0.1, -0.05) is 12.1 Å². The molecule has 4 rings (SSSR count). The highest BCUT2D eigenvalue weighted by Crippen LogP contribution is 2.22. The van der Waals surface area contributed by atoms with Crippen LogP contribution in [-0.2, 0) is 11.3 Å². The molecule has 2 aromatic heterocycles. The summed E-state index contributed by atoms with van der Waals surface area (Å²) in [5.41, 5.74) is 2.07. The van der Waals surface area contributed by atoms with E-state index in [-0.39, 0.29) is 17.9 Å². The maximum absolute atomic E-state index is 12.8. The lowest BCUT2D eigenvalue weighted by Crippen LogP contribution is -2.43. The number of imidazole rings is 1. The molecule has 0 spiro atoms. The molecule has 7 nitrogen and oxygen atoms in total. The van der Waals surface area contributed by atoms with Gasteiger partial charge in [0.25, 0.3) is 0 Å². The Bertz CT molecular complexity index is 952. The van der Waals surface area contributed by atoms with E-state index in [1.807, 2.05) is 18.2 Å². The number of rotatable bonds is 5. The highest BCUT2D eigenvalue weighted by Gasteiger charge is 2.27. The Labute approximate surface area is 164 Å². The van der Waals surface area contributed by atoms with Gasteiger partial charge in [0.2, 0.25) is 11.9 Å². The maximum Gasteiger partial charge on any atom is 0.225 e. The molecule has 28 heavy (non-hydrogen) atoms. The highest BCUT2D eigenvalue weighted by molar-refractivity contribution is 5.80. The lowest BCUT2D eigenvalue weighted by Gasteiger charge is -2.31. The van der Waals surface area contributed by atoms with Crippen LogP contribution in [0.15, 0.2) is 42.7 Å². The predicted molar refractivity (Wildman–Crippen MR) is 109 cm³/mol. The van der Waals surface area contributed by atoms with Gasteiger partial charge in [-0.2, -0.15) is 0 Å². The second-order valence-electron chi connectivity index (χ2n) is 7.53. The van der Waals surface area contributed by atoms with Crippen molar-refractivity contribution in [3.05, 3.63) is 48.5 Å². The normalized spacial score (nSPS) is 17.2. The van der Waals surface area contributed by atoms with E-state index in [1.165, 1.54) is 0 Å². The van der Waals surface area contributed by atoms with Gasteiger partial charge < -0.3 is 14.8 Å². The number of aromatic nitrogens is 4. The molecule has 0 radical (unpaired) electrons. The fraction of sp³-hybridized carbons (Fsp3) is 0.429. The van der Waals surface area contributed by atoms with Crippen molar-refractivity contribution in [3.8, 4) is 0 Å². The number of nitrogens with zero attached hydrogens (tertiary/aromatic N) is 5. The molecule has 146 valence electrons. The fourth-order valence-electron chi connectivity index (χ4n) is 3.93. The van der Waals surface area contributed by atoms with Gasteiger partial charge >= 0.3 is 0 Å². The number of benzene rings is 1. The van der Waals surface area contributed by atoms with Gasteiger partial charge in [-0.15, -0.1) is 0 Å². The molecule has 0 saturated carbocycles. The van der Waals surface area contributed by atoms with E-state index in [0.717, 1.165) is 36.2 Å². The second kappa shape index (κ2) is 7.96. The van der Waals surface area contributed by atoms with Crippen molar-refractivity contribution in [2.45, 2.75) is 39.3 Å². The van der Waals surface area contributed by atoms with Crippen molar-refractivity contribution < 1.29 is 4.79 Å². The number of anilines is 1. The zero-order valence-electron chi connectivity index (χ0n) is 16.4. The van der Waals surface area contributed by atoms with Crippen LogP contribution in [0.5, 0.6) is 0 Å². The first-order valence-corrected chi connectivity index (χ1v) is 9.89. The largest absolute Gasteiger partial charge is 0.349 e. The Morgan fingerprint density at radius 2 is 2.00 bits per heavy atom. The van der Waals surface area contributed by atoms with Crippen LogP contribution in [0.4, 0.5) is 5.95 Å². The molecule has 0 unspecified atom stereocenters. The van der Waals surface area contributed by atoms with Gasteiger partial charge in [-0.25, -0.2) is 15.0 Å². The summed E-state index contributed by atoms with van der Waals surface area (Å²) >= 11 is 0. The monoisotopic (exact) mass is 378 g/mol. The number of para-hydroxylation sites is 2. The summed E-state index contributed by atoms with van der Waals surface area (Å²) in [6, 6.07) is 10.2. The van der Waals surface area contributed by atoms with Crippen LogP contribution < -0.4 is 10.2 Å². The van der Waals surface area contributed by atoms with Crippen molar-refractivity contribution in [1.29, 1.82) is 0 Å². The number of hydrogen-bond donors (Lipinski definition) is 1. The smallest absolute Gasteiger partial charge is 0.225 e. The van der Waals surface area contributed by atoms with E-state index >= 15 is 0 Å². The molecule has 1 aliphatic heterocycles. The summed E-state index contributed by atoms with van der Waals surface area (Å²) in [5.74, 6) is 1.60. The second-order valence-corrected chi connectivity index (χ2v) is 7.53. The van der Waals surface area contributed by atoms with Crippen LogP contribution in [-0.4, -0.2) is 38.5 Å². The van der Waals surface area contributed by atoms with Crippen molar-refractivity contribution >= 4 is 22.9 Å². The molecule has 7 heteroatoms. The molecule has 1 N–H and O–H groups in total. The van der Waals surface area contributed by atoms with Crippen LogP contribution in [0.3, 0.4) is 0 Å². The molecule has 1 aromatic carbocycles. The average molecular weight is 378 g/mol. The number of hydrogen-bond acceptors (Lipinski definition) is 5. The molecule has 1 atom stereocenters. The van der Waals surface area contributed by atoms with E-state index in [0.29, 0.717) is 19.0 Å². The first kappa shape index (κ1) is 18.4. The molecule has 1 amide bonds. The summed E-state index contributed by atoms with van der Waals surface area (Å²) < 4.78 is 2.20. The van der Waals surface area contributed by atoms with Crippen molar-refractivity contribution in [2.75, 3.05) is 18.0 Å². The van der Waals surface area contributed by atoms with Crippen LogP contribution in [0.2, 0.25) is 0 Å². The molecule has 1 fully saturated rings. The Hall–Kier alpha value is -2.96. The van der Waals surface area contributed by atoms with Crippen LogP contribution >= 0.6 is 0 Å². The minimum atomic E-state index is -0.0607. The summed E-state index contributed by atoms with van der Waals surface area (Å²) in [7, 11) is 0. The molecule has 1 aliphatic rings. The number of piperidine rings is 1. The van der Waals surface area contributed by atoms with E-state index in [2.05, 4.69) is 44.7 Å². The fourth-order valence-corrected chi connectivity index (χ4v) is 3.93. The van der Waals surface area contributed by atoms with Gasteiger partial charge in [0.1, 0.15) is 5.82 Å². The van der Waals surface area contributed by atoms with Gasteiger partial charge in [0.05, 0.1) is 23.5 Å². The third-order valence-electron chi connectivity index (χ3n) is 5.23. The molecule has 3 heterocycles. The number of amides is 1. The van der Waals surface area contributed by atoms with E-state index < -0.39 is 0 Å². The minimum absolute atomic E-state index is 0.0607. The standard InChI is InChI=1S/C21H26N6O/c1-15(2)27-18-9-4-3-8-17(18)25-19(27)13-24-20(28)16-7-5-12-26(14-16)21-22-10-6-11-23-21/h3-4,6,8-11,15-16H,5,7,12-14H2,1-2H3,(H,24,28)/t16-/m0/s1. The molecule has 0 bridgehead atoms. The van der Waals surface area contributed by atoms with Gasteiger partial charge in [-0.05, 0) is 44.9 Å². The molecule has 3 aromatic rings. The Balaban J connectivity index is 1.44. The average Bonchev–Trinajstić information content (AvgIpc) is 3.11. The highest BCUT2D eigenvalue weighted by atomic mass is 16.1. The van der Waals surface area contributed by atoms with Crippen molar-refractivity contribution in [2.24, 2.45) is 5.92 Å². The first-order chi connectivity index (χ1) is 13.6. The SMILES string of the molecule is CC(C)n1c(CNC(=O)[C@H]2CCCN(c3ncccn3)C2)nc2ccccc21. The molecule has 0 aliphatic carbocycles.